The van der Waals surface area contributed by atoms with E-state index in [1.54, 1.807) is 0 Å². The van der Waals surface area contributed by atoms with Gasteiger partial charge in [0.05, 0.1) is 0 Å². The normalized spacial score (nSPS) is 12.5. The van der Waals surface area contributed by atoms with Gasteiger partial charge in [0.1, 0.15) is 0 Å². The molecule has 0 amide bonds. The van der Waals surface area contributed by atoms with Crippen molar-refractivity contribution in [2.24, 2.45) is 0 Å². The molecular weight excluding hydrogens is 451 g/mol. The molecule has 0 saturated carbocycles. The van der Waals surface area contributed by atoms with E-state index in [4.69, 9.17) is 0 Å². The topological polar surface area (TPSA) is 0 Å². The fourth-order valence-corrected chi connectivity index (χ4v) is 13.4. The Labute approximate surface area is 216 Å². The summed E-state index contributed by atoms with van der Waals surface area (Å²) in [4.78, 5) is 0. The Morgan fingerprint density at radius 2 is 0.417 bits per heavy atom. The molecule has 180 valence electrons. The summed E-state index contributed by atoms with van der Waals surface area (Å²) in [7, 11) is 0. The third-order valence-corrected chi connectivity index (χ3v) is 13.7. The van der Waals surface area contributed by atoms with Gasteiger partial charge in [-0.25, -0.2) is 0 Å². The van der Waals surface area contributed by atoms with Gasteiger partial charge < -0.3 is 0 Å². The Hall–Kier alpha value is -3.47. The summed E-state index contributed by atoms with van der Waals surface area (Å²) in [5, 5.41) is 0. The van der Waals surface area contributed by atoms with Crippen LogP contribution in [0, 0.1) is 0 Å². The van der Waals surface area contributed by atoms with E-state index in [1.807, 2.05) is 0 Å². The fourth-order valence-electron chi connectivity index (χ4n) is 6.06. The summed E-state index contributed by atoms with van der Waals surface area (Å²) in [5.74, 6) is 0. The predicted octanol–water partition coefficient (Wildman–Crippen LogP) is 9.54. The van der Waals surface area contributed by atoms with E-state index in [1.165, 1.54) is 27.8 Å². The SMILES string of the molecule is c1ccc(CP(Cc2ccccc2)(Cc2ccccc2)(Cc2ccccc2)Cc2ccccc2)cc1. The zero-order chi connectivity index (χ0) is 24.5. The van der Waals surface area contributed by atoms with Crippen molar-refractivity contribution in [1.29, 1.82) is 0 Å². The second-order valence-electron chi connectivity index (χ2n) is 10.5. The average Bonchev–Trinajstić information content (AvgIpc) is 2.91. The Morgan fingerprint density at radius 1 is 0.250 bits per heavy atom. The third kappa shape index (κ3) is 6.01. The molecule has 0 heterocycles. The van der Waals surface area contributed by atoms with Crippen LogP contribution in [-0.2, 0) is 30.8 Å². The number of hydrogen-bond acceptors (Lipinski definition) is 0. The zero-order valence-electron chi connectivity index (χ0n) is 20.9. The van der Waals surface area contributed by atoms with Gasteiger partial charge in [-0.15, -0.1) is 0 Å². The molecule has 0 spiro atoms. The molecule has 0 N–H and O–H groups in total. The molecule has 0 aromatic heterocycles. The van der Waals surface area contributed by atoms with Gasteiger partial charge >= 0.3 is 217 Å². The first kappa shape index (κ1) is 24.2. The van der Waals surface area contributed by atoms with Crippen LogP contribution in [0.15, 0.2) is 152 Å². The second-order valence-corrected chi connectivity index (χ2v) is 16.5. The van der Waals surface area contributed by atoms with Crippen molar-refractivity contribution in [3.05, 3.63) is 179 Å². The van der Waals surface area contributed by atoms with Crippen LogP contribution in [0.5, 0.6) is 0 Å². The Kier molecular flexibility index (Phi) is 7.45. The molecule has 5 rings (SSSR count). The Morgan fingerprint density at radius 3 is 0.583 bits per heavy atom. The Balaban J connectivity index is 1.76. The van der Waals surface area contributed by atoms with E-state index in [-0.39, 0.29) is 0 Å². The van der Waals surface area contributed by atoms with Crippen LogP contribution in [0.25, 0.3) is 0 Å². The van der Waals surface area contributed by atoms with E-state index >= 15 is 0 Å². The quantitative estimate of drug-likeness (QED) is 0.172. The van der Waals surface area contributed by atoms with Crippen LogP contribution < -0.4 is 0 Å². The Bertz CT molecular complexity index is 1070. The molecule has 1 heteroatoms. The minimum atomic E-state index is -2.57. The molecule has 0 unspecified atom stereocenters. The number of benzene rings is 5. The standard InChI is InChI=1S/C35H35P/c1-6-16-31(17-7-1)26-36(27-32-18-8-2-9-19-32,28-33-20-10-3-11-21-33,29-34-22-12-4-13-23-34)30-35-24-14-5-15-25-35/h1-25H,26-30H2. The average molecular weight is 487 g/mol. The fraction of sp³-hybridized carbons (Fsp3) is 0.143. The molecule has 0 nitrogen and oxygen atoms in total. The van der Waals surface area contributed by atoms with Crippen LogP contribution >= 0.6 is 6.60 Å². The van der Waals surface area contributed by atoms with Crippen molar-refractivity contribution < 1.29 is 0 Å². The summed E-state index contributed by atoms with van der Waals surface area (Å²) >= 11 is 0. The summed E-state index contributed by atoms with van der Waals surface area (Å²) in [6.07, 6.45) is 5.63. The van der Waals surface area contributed by atoms with Gasteiger partial charge in [-0.3, -0.25) is 0 Å². The van der Waals surface area contributed by atoms with Crippen LogP contribution in [-0.4, -0.2) is 0 Å². The molecule has 0 atom stereocenters. The predicted molar refractivity (Wildman–Crippen MR) is 158 cm³/mol. The van der Waals surface area contributed by atoms with Crippen LogP contribution in [0.4, 0.5) is 0 Å². The zero-order valence-corrected chi connectivity index (χ0v) is 21.8. The molecule has 0 aliphatic carbocycles. The summed E-state index contributed by atoms with van der Waals surface area (Å²) in [6.45, 7) is -2.57. The van der Waals surface area contributed by atoms with E-state index in [9.17, 15) is 0 Å². The van der Waals surface area contributed by atoms with Crippen molar-refractivity contribution >= 4 is 6.60 Å². The molecule has 5 aromatic carbocycles. The first-order valence-electron chi connectivity index (χ1n) is 12.9. The van der Waals surface area contributed by atoms with Crippen LogP contribution in [0.1, 0.15) is 27.8 Å². The van der Waals surface area contributed by atoms with Crippen LogP contribution in [0.2, 0.25) is 0 Å². The molecule has 0 fully saturated rings. The monoisotopic (exact) mass is 486 g/mol. The molecular formula is C35H35P. The second kappa shape index (κ2) is 11.1. The van der Waals surface area contributed by atoms with Gasteiger partial charge in [0.25, 0.3) is 0 Å². The van der Waals surface area contributed by atoms with Gasteiger partial charge in [0.15, 0.2) is 0 Å². The maximum atomic E-state index is 2.34. The molecule has 36 heavy (non-hydrogen) atoms. The first-order chi connectivity index (χ1) is 17.7. The van der Waals surface area contributed by atoms with Crippen molar-refractivity contribution in [2.75, 3.05) is 0 Å². The van der Waals surface area contributed by atoms with E-state index < -0.39 is 6.60 Å². The minimum absolute atomic E-state index is 1.13. The molecule has 0 aliphatic rings. The van der Waals surface area contributed by atoms with E-state index in [2.05, 4.69) is 152 Å². The van der Waals surface area contributed by atoms with E-state index in [0.29, 0.717) is 0 Å². The van der Waals surface area contributed by atoms with Gasteiger partial charge in [0.2, 0.25) is 0 Å². The van der Waals surface area contributed by atoms with Gasteiger partial charge in [0, 0.05) is 0 Å². The van der Waals surface area contributed by atoms with E-state index in [0.717, 1.165) is 30.8 Å². The molecule has 0 radical (unpaired) electrons. The summed E-state index contributed by atoms with van der Waals surface area (Å²) in [5.41, 5.74) is 7.26. The van der Waals surface area contributed by atoms with Gasteiger partial charge in [-0.05, 0) is 0 Å². The summed E-state index contributed by atoms with van der Waals surface area (Å²) < 4.78 is 0. The van der Waals surface area contributed by atoms with Crippen LogP contribution in [0.3, 0.4) is 0 Å². The molecule has 5 aromatic rings. The first-order valence-corrected chi connectivity index (χ1v) is 16.1. The number of rotatable bonds is 10. The molecule has 0 saturated heterocycles. The molecule has 0 bridgehead atoms. The maximum absolute atomic E-state index is 2.57. The summed E-state index contributed by atoms with van der Waals surface area (Å²) in [6, 6.07) is 56.2. The van der Waals surface area contributed by atoms with Crippen molar-refractivity contribution in [2.45, 2.75) is 30.8 Å². The van der Waals surface area contributed by atoms with Crippen molar-refractivity contribution in [1.82, 2.24) is 0 Å². The van der Waals surface area contributed by atoms with Crippen molar-refractivity contribution in [3.63, 3.8) is 0 Å². The van der Waals surface area contributed by atoms with Gasteiger partial charge in [-0.1, -0.05) is 0 Å². The third-order valence-electron chi connectivity index (χ3n) is 7.36. The molecule has 0 aliphatic heterocycles. The van der Waals surface area contributed by atoms with Gasteiger partial charge in [-0.2, -0.15) is 0 Å². The van der Waals surface area contributed by atoms with Crippen molar-refractivity contribution in [3.8, 4) is 0 Å². The number of hydrogen-bond donors (Lipinski definition) is 0.